The molecule has 0 aromatic heterocycles. The van der Waals surface area contributed by atoms with Crippen LogP contribution in [0.2, 0.25) is 0 Å². The summed E-state index contributed by atoms with van der Waals surface area (Å²) in [5, 5.41) is 18.7. The highest BCUT2D eigenvalue weighted by atomic mass is 16.5. The minimum absolute atomic E-state index is 0.238. The van der Waals surface area contributed by atoms with Crippen molar-refractivity contribution in [3.63, 3.8) is 0 Å². The number of β-amino-alcohol motifs (C(OH)–C–C–N with tert-alkyl or cyclic N) is 2. The molecule has 0 aromatic rings. The van der Waals surface area contributed by atoms with Crippen molar-refractivity contribution in [2.24, 2.45) is 0 Å². The van der Waals surface area contributed by atoms with Crippen LogP contribution in [0, 0.1) is 0 Å². The molecule has 5 heteroatoms. The zero-order chi connectivity index (χ0) is 10.7. The van der Waals surface area contributed by atoms with Crippen LogP contribution in [0.25, 0.3) is 0 Å². The lowest BCUT2D eigenvalue weighted by Crippen LogP contribution is -2.28. The van der Waals surface area contributed by atoms with Gasteiger partial charge in [0.25, 0.3) is 0 Å². The molecular weight excluding hydrogens is 198 g/mol. The van der Waals surface area contributed by atoms with Gasteiger partial charge in [0.05, 0.1) is 31.5 Å². The lowest BCUT2D eigenvalue weighted by Gasteiger charge is -2.16. The van der Waals surface area contributed by atoms with Crippen LogP contribution in [0.3, 0.4) is 0 Å². The van der Waals surface area contributed by atoms with E-state index in [0.29, 0.717) is 26.3 Å². The number of aliphatic hydroxyl groups excluding tert-OH is 2. The Morgan fingerprint density at radius 3 is 2.60 bits per heavy atom. The SMILES string of the molecule is O[C@@H]1CN(CCOC2CCOC2)C[C@@H]1O. The van der Waals surface area contributed by atoms with Gasteiger partial charge in [0.15, 0.2) is 0 Å². The molecule has 2 aliphatic rings. The summed E-state index contributed by atoms with van der Waals surface area (Å²) in [6, 6.07) is 0. The monoisotopic (exact) mass is 217 g/mol. The first-order valence-corrected chi connectivity index (χ1v) is 5.53. The van der Waals surface area contributed by atoms with Gasteiger partial charge in [-0.2, -0.15) is 0 Å². The third kappa shape index (κ3) is 3.12. The molecular formula is C10H19NO4. The van der Waals surface area contributed by atoms with E-state index in [9.17, 15) is 10.2 Å². The second-order valence-corrected chi connectivity index (χ2v) is 4.25. The highest BCUT2D eigenvalue weighted by molar-refractivity contribution is 4.82. The molecule has 2 saturated heterocycles. The van der Waals surface area contributed by atoms with Gasteiger partial charge in [0.1, 0.15) is 0 Å². The first-order valence-electron chi connectivity index (χ1n) is 5.53. The van der Waals surface area contributed by atoms with Crippen molar-refractivity contribution in [2.75, 3.05) is 39.5 Å². The van der Waals surface area contributed by atoms with Crippen LogP contribution in [-0.2, 0) is 9.47 Å². The summed E-state index contributed by atoms with van der Waals surface area (Å²) in [5.74, 6) is 0. The predicted octanol–water partition coefficient (Wildman–Crippen LogP) is -1.17. The van der Waals surface area contributed by atoms with Gasteiger partial charge in [0, 0.05) is 26.2 Å². The van der Waals surface area contributed by atoms with E-state index in [1.54, 1.807) is 0 Å². The third-order valence-corrected chi connectivity index (χ3v) is 2.98. The van der Waals surface area contributed by atoms with Crippen molar-refractivity contribution in [1.82, 2.24) is 4.90 Å². The summed E-state index contributed by atoms with van der Waals surface area (Å²) in [6.45, 7) is 4.01. The Labute approximate surface area is 89.6 Å². The van der Waals surface area contributed by atoms with Crippen molar-refractivity contribution >= 4 is 0 Å². The summed E-state index contributed by atoms with van der Waals surface area (Å²) in [6.07, 6.45) is 0.0210. The first kappa shape index (κ1) is 11.3. The van der Waals surface area contributed by atoms with E-state index in [1.807, 2.05) is 4.90 Å². The molecule has 0 saturated carbocycles. The second kappa shape index (κ2) is 5.23. The van der Waals surface area contributed by atoms with E-state index in [0.717, 1.165) is 19.6 Å². The topological polar surface area (TPSA) is 62.2 Å². The summed E-state index contributed by atoms with van der Waals surface area (Å²) in [5.41, 5.74) is 0. The molecule has 88 valence electrons. The average molecular weight is 217 g/mol. The van der Waals surface area contributed by atoms with Crippen LogP contribution in [0.15, 0.2) is 0 Å². The number of hydrogen-bond donors (Lipinski definition) is 2. The molecule has 0 radical (unpaired) electrons. The minimum atomic E-state index is -0.597. The molecule has 1 unspecified atom stereocenters. The Bertz CT molecular complexity index is 186. The molecule has 2 rings (SSSR count). The van der Waals surface area contributed by atoms with Gasteiger partial charge in [-0.25, -0.2) is 0 Å². The maximum atomic E-state index is 9.33. The zero-order valence-corrected chi connectivity index (χ0v) is 8.84. The number of likely N-dealkylation sites (tertiary alicyclic amines) is 1. The van der Waals surface area contributed by atoms with Crippen molar-refractivity contribution in [3.05, 3.63) is 0 Å². The molecule has 2 fully saturated rings. The van der Waals surface area contributed by atoms with Gasteiger partial charge >= 0.3 is 0 Å². The molecule has 0 aromatic carbocycles. The standard InChI is InChI=1S/C10H19NO4/c12-9-5-11(6-10(9)13)2-4-15-8-1-3-14-7-8/h8-10,12-13H,1-7H2/t8?,9-,10+. The molecule has 0 amide bonds. The van der Waals surface area contributed by atoms with Crippen LogP contribution < -0.4 is 0 Å². The van der Waals surface area contributed by atoms with Gasteiger partial charge in [-0.15, -0.1) is 0 Å². The van der Waals surface area contributed by atoms with Crippen LogP contribution >= 0.6 is 0 Å². The lowest BCUT2D eigenvalue weighted by atomic mass is 10.3. The molecule has 0 spiro atoms. The highest BCUT2D eigenvalue weighted by Crippen LogP contribution is 2.11. The summed E-state index contributed by atoms with van der Waals surface area (Å²) in [4.78, 5) is 2.02. The maximum Gasteiger partial charge on any atom is 0.0938 e. The predicted molar refractivity (Wildman–Crippen MR) is 53.6 cm³/mol. The van der Waals surface area contributed by atoms with E-state index in [1.165, 1.54) is 0 Å². The van der Waals surface area contributed by atoms with Gasteiger partial charge in [-0.3, -0.25) is 4.90 Å². The molecule has 2 aliphatic heterocycles. The van der Waals surface area contributed by atoms with Crippen molar-refractivity contribution in [1.29, 1.82) is 0 Å². The van der Waals surface area contributed by atoms with E-state index in [-0.39, 0.29) is 6.10 Å². The lowest BCUT2D eigenvalue weighted by molar-refractivity contribution is 0.0310. The largest absolute Gasteiger partial charge is 0.389 e. The number of rotatable bonds is 4. The molecule has 3 atom stereocenters. The third-order valence-electron chi connectivity index (χ3n) is 2.98. The summed E-state index contributed by atoms with van der Waals surface area (Å²) >= 11 is 0. The highest BCUT2D eigenvalue weighted by Gasteiger charge is 2.29. The quantitative estimate of drug-likeness (QED) is 0.621. The van der Waals surface area contributed by atoms with E-state index in [4.69, 9.17) is 9.47 Å². The summed E-state index contributed by atoms with van der Waals surface area (Å²) < 4.78 is 10.8. The fourth-order valence-corrected chi connectivity index (χ4v) is 2.02. The van der Waals surface area contributed by atoms with Crippen LogP contribution in [0.5, 0.6) is 0 Å². The molecule has 2 heterocycles. The molecule has 15 heavy (non-hydrogen) atoms. The van der Waals surface area contributed by atoms with Gasteiger partial charge in [-0.05, 0) is 6.42 Å². The second-order valence-electron chi connectivity index (χ2n) is 4.25. The van der Waals surface area contributed by atoms with Gasteiger partial charge in [-0.1, -0.05) is 0 Å². The minimum Gasteiger partial charge on any atom is -0.389 e. The smallest absolute Gasteiger partial charge is 0.0938 e. The Morgan fingerprint density at radius 2 is 2.00 bits per heavy atom. The summed E-state index contributed by atoms with van der Waals surface area (Å²) in [7, 11) is 0. The van der Waals surface area contributed by atoms with E-state index < -0.39 is 12.2 Å². The first-order chi connectivity index (χ1) is 7.25. The zero-order valence-electron chi connectivity index (χ0n) is 8.84. The van der Waals surface area contributed by atoms with E-state index in [2.05, 4.69) is 0 Å². The van der Waals surface area contributed by atoms with E-state index >= 15 is 0 Å². The molecule has 0 aliphatic carbocycles. The molecule has 5 nitrogen and oxygen atoms in total. The number of ether oxygens (including phenoxy) is 2. The Hall–Kier alpha value is -0.200. The Balaban J connectivity index is 1.58. The Kier molecular flexibility index (Phi) is 3.93. The van der Waals surface area contributed by atoms with Crippen LogP contribution in [0.4, 0.5) is 0 Å². The van der Waals surface area contributed by atoms with Crippen molar-refractivity contribution in [2.45, 2.75) is 24.7 Å². The maximum absolute atomic E-state index is 9.33. The van der Waals surface area contributed by atoms with Crippen LogP contribution in [-0.4, -0.2) is 72.9 Å². The van der Waals surface area contributed by atoms with Gasteiger partial charge < -0.3 is 19.7 Å². The fraction of sp³-hybridized carbons (Fsp3) is 1.00. The normalized spacial score (nSPS) is 37.6. The number of nitrogens with zero attached hydrogens (tertiary/aromatic N) is 1. The number of hydrogen-bond acceptors (Lipinski definition) is 5. The Morgan fingerprint density at radius 1 is 1.27 bits per heavy atom. The van der Waals surface area contributed by atoms with Crippen molar-refractivity contribution in [3.8, 4) is 0 Å². The fourth-order valence-electron chi connectivity index (χ4n) is 2.02. The number of aliphatic hydroxyl groups is 2. The van der Waals surface area contributed by atoms with Gasteiger partial charge in [0.2, 0.25) is 0 Å². The van der Waals surface area contributed by atoms with Crippen molar-refractivity contribution < 1.29 is 19.7 Å². The molecule has 0 bridgehead atoms. The molecule has 2 N–H and O–H groups in total. The average Bonchev–Trinajstić information content (AvgIpc) is 2.79. The van der Waals surface area contributed by atoms with Crippen LogP contribution in [0.1, 0.15) is 6.42 Å².